The van der Waals surface area contributed by atoms with E-state index in [9.17, 15) is 0 Å². The summed E-state index contributed by atoms with van der Waals surface area (Å²) in [6.07, 6.45) is 4.05. The number of rotatable bonds is 7. The van der Waals surface area contributed by atoms with E-state index in [-0.39, 0.29) is 24.0 Å². The molecular weight excluding hydrogens is 477 g/mol. The van der Waals surface area contributed by atoms with Gasteiger partial charge in [-0.3, -0.25) is 9.89 Å². The predicted molar refractivity (Wildman–Crippen MR) is 129 cm³/mol. The van der Waals surface area contributed by atoms with Gasteiger partial charge in [0.25, 0.3) is 0 Å². The van der Waals surface area contributed by atoms with Crippen LogP contribution in [0.2, 0.25) is 0 Å². The van der Waals surface area contributed by atoms with Gasteiger partial charge in [-0.1, -0.05) is 49.7 Å². The summed E-state index contributed by atoms with van der Waals surface area (Å²) < 4.78 is 5.36. The number of hydrogen-bond acceptors (Lipinski definition) is 4. The molecule has 0 radical (unpaired) electrons. The Kier molecular flexibility index (Phi) is 9.93. The molecule has 29 heavy (non-hydrogen) atoms. The van der Waals surface area contributed by atoms with Gasteiger partial charge >= 0.3 is 0 Å². The Bertz CT molecular complexity index is 751. The Hall–Kier alpha value is -1.61. The van der Waals surface area contributed by atoms with Crippen molar-refractivity contribution >= 4 is 29.9 Å². The third-order valence-electron chi connectivity index (χ3n) is 5.16. The average Bonchev–Trinajstić information content (AvgIpc) is 3.19. The summed E-state index contributed by atoms with van der Waals surface area (Å²) in [6, 6.07) is 10.9. The summed E-state index contributed by atoms with van der Waals surface area (Å²) in [5.74, 6) is 1.93. The number of likely N-dealkylation sites (tertiary alicyclic amines) is 1. The zero-order chi connectivity index (χ0) is 19.8. The van der Waals surface area contributed by atoms with Crippen LogP contribution in [0.4, 0.5) is 0 Å². The number of piperidine rings is 1. The molecule has 1 aliphatic rings. The third-order valence-corrected chi connectivity index (χ3v) is 5.16. The first-order valence-electron chi connectivity index (χ1n) is 10.3. The van der Waals surface area contributed by atoms with Crippen LogP contribution in [0.5, 0.6) is 0 Å². The number of hydrogen-bond donors (Lipinski definition) is 2. The Morgan fingerprint density at radius 1 is 1.07 bits per heavy atom. The fourth-order valence-corrected chi connectivity index (χ4v) is 3.40. The molecule has 1 saturated heterocycles. The van der Waals surface area contributed by atoms with E-state index in [2.05, 4.69) is 63.8 Å². The molecule has 0 aliphatic carbocycles. The Morgan fingerprint density at radius 3 is 2.34 bits per heavy atom. The molecule has 0 saturated carbocycles. The van der Waals surface area contributed by atoms with Gasteiger partial charge < -0.3 is 15.2 Å². The molecule has 0 unspecified atom stereocenters. The molecule has 1 aliphatic heterocycles. The van der Waals surface area contributed by atoms with Crippen LogP contribution in [-0.2, 0) is 19.6 Å². The molecule has 2 aromatic rings. The smallest absolute Gasteiger partial charge is 0.191 e. The molecule has 1 aromatic carbocycles. The minimum Gasteiger partial charge on any atom is -0.359 e. The largest absolute Gasteiger partial charge is 0.359 e. The molecule has 3 rings (SSSR count). The van der Waals surface area contributed by atoms with Crippen LogP contribution in [0.25, 0.3) is 0 Å². The lowest BCUT2D eigenvalue weighted by atomic mass is 10.1. The Morgan fingerprint density at radius 2 is 1.72 bits per heavy atom. The summed E-state index contributed by atoms with van der Waals surface area (Å²) in [4.78, 5) is 6.83. The molecule has 160 valence electrons. The van der Waals surface area contributed by atoms with Crippen LogP contribution in [0.1, 0.15) is 61.6 Å². The lowest BCUT2D eigenvalue weighted by Gasteiger charge is -2.26. The number of guanidine groups is 1. The predicted octanol–water partition coefficient (Wildman–Crippen LogP) is 4.27. The second-order valence-corrected chi connectivity index (χ2v) is 7.81. The molecule has 7 heteroatoms. The maximum Gasteiger partial charge on any atom is 0.191 e. The highest BCUT2D eigenvalue weighted by Gasteiger charge is 2.10. The molecule has 0 spiro atoms. The Balaban J connectivity index is 0.00000300. The van der Waals surface area contributed by atoms with Crippen molar-refractivity contribution in [2.75, 3.05) is 20.1 Å². The van der Waals surface area contributed by atoms with E-state index >= 15 is 0 Å². The van der Waals surface area contributed by atoms with Crippen molar-refractivity contribution in [3.8, 4) is 0 Å². The fourth-order valence-electron chi connectivity index (χ4n) is 3.40. The SMILES string of the molecule is CN=C(NCc1ccc(CN2CCCCC2)cc1)NCc1cc(C(C)C)no1.I. The maximum absolute atomic E-state index is 5.36. The van der Waals surface area contributed by atoms with Crippen LogP contribution in [0.3, 0.4) is 0 Å². The van der Waals surface area contributed by atoms with Crippen molar-refractivity contribution in [2.45, 2.75) is 58.7 Å². The highest BCUT2D eigenvalue weighted by molar-refractivity contribution is 14.0. The van der Waals surface area contributed by atoms with Crippen molar-refractivity contribution in [1.29, 1.82) is 0 Å². The molecule has 0 amide bonds. The second-order valence-electron chi connectivity index (χ2n) is 7.81. The quantitative estimate of drug-likeness (QED) is 0.330. The number of aliphatic imine (C=N–C) groups is 1. The van der Waals surface area contributed by atoms with E-state index in [1.165, 1.54) is 43.5 Å². The standard InChI is InChI=1S/C22H33N5O.HI/c1-17(2)21-13-20(28-26-21)15-25-22(23-3)24-14-18-7-9-19(10-8-18)16-27-11-5-4-6-12-27;/h7-10,13,17H,4-6,11-12,14-16H2,1-3H3,(H2,23,24,25);1H. The number of nitrogens with zero attached hydrogens (tertiary/aromatic N) is 3. The molecule has 0 atom stereocenters. The number of aromatic nitrogens is 1. The normalized spacial score (nSPS) is 15.2. The molecule has 1 fully saturated rings. The summed E-state index contributed by atoms with van der Waals surface area (Å²) in [5.41, 5.74) is 3.61. The minimum atomic E-state index is 0. The van der Waals surface area contributed by atoms with Crippen molar-refractivity contribution in [2.24, 2.45) is 4.99 Å². The van der Waals surface area contributed by atoms with Gasteiger partial charge in [-0.25, -0.2) is 0 Å². The van der Waals surface area contributed by atoms with Crippen LogP contribution < -0.4 is 10.6 Å². The molecule has 2 heterocycles. The first-order valence-corrected chi connectivity index (χ1v) is 10.3. The first kappa shape index (κ1) is 23.7. The van der Waals surface area contributed by atoms with Crippen molar-refractivity contribution < 1.29 is 4.52 Å². The van der Waals surface area contributed by atoms with Crippen LogP contribution >= 0.6 is 24.0 Å². The van der Waals surface area contributed by atoms with Crippen LogP contribution in [-0.4, -0.2) is 36.2 Å². The monoisotopic (exact) mass is 511 g/mol. The summed E-state index contributed by atoms with van der Waals surface area (Å²) in [5, 5.41) is 10.7. The highest BCUT2D eigenvalue weighted by atomic mass is 127. The van der Waals surface area contributed by atoms with Gasteiger partial charge in [0.1, 0.15) is 0 Å². The average molecular weight is 511 g/mol. The van der Waals surface area contributed by atoms with Gasteiger partial charge in [-0.15, -0.1) is 24.0 Å². The number of halogens is 1. The van der Waals surface area contributed by atoms with E-state index in [1.807, 2.05) is 6.07 Å². The van der Waals surface area contributed by atoms with Crippen molar-refractivity contribution in [3.05, 3.63) is 52.9 Å². The van der Waals surface area contributed by atoms with Gasteiger partial charge in [0, 0.05) is 26.2 Å². The summed E-state index contributed by atoms with van der Waals surface area (Å²) in [7, 11) is 1.77. The minimum absolute atomic E-state index is 0. The zero-order valence-corrected chi connectivity index (χ0v) is 20.1. The topological polar surface area (TPSA) is 65.7 Å². The lowest BCUT2D eigenvalue weighted by Crippen LogP contribution is -2.36. The number of nitrogens with one attached hydrogen (secondary N) is 2. The van der Waals surface area contributed by atoms with Gasteiger partial charge in [0.05, 0.1) is 12.2 Å². The molecule has 2 N–H and O–H groups in total. The van der Waals surface area contributed by atoms with E-state index in [4.69, 9.17) is 4.52 Å². The van der Waals surface area contributed by atoms with E-state index in [1.54, 1.807) is 7.05 Å². The second kappa shape index (κ2) is 12.2. The molecular formula is C22H34IN5O. The summed E-state index contributed by atoms with van der Waals surface area (Å²) in [6.45, 7) is 9.03. The fraction of sp³-hybridized carbons (Fsp3) is 0.545. The maximum atomic E-state index is 5.36. The van der Waals surface area contributed by atoms with Gasteiger partial charge in [-0.2, -0.15) is 0 Å². The molecule has 6 nitrogen and oxygen atoms in total. The van der Waals surface area contributed by atoms with Gasteiger partial charge in [0.2, 0.25) is 0 Å². The van der Waals surface area contributed by atoms with Crippen LogP contribution in [0, 0.1) is 0 Å². The van der Waals surface area contributed by atoms with Gasteiger partial charge in [0.15, 0.2) is 11.7 Å². The van der Waals surface area contributed by atoms with Crippen molar-refractivity contribution in [1.82, 2.24) is 20.7 Å². The van der Waals surface area contributed by atoms with E-state index in [0.717, 1.165) is 30.5 Å². The van der Waals surface area contributed by atoms with Crippen molar-refractivity contribution in [3.63, 3.8) is 0 Å². The zero-order valence-electron chi connectivity index (χ0n) is 17.8. The van der Waals surface area contributed by atoms with Crippen LogP contribution in [0.15, 0.2) is 39.8 Å². The lowest BCUT2D eigenvalue weighted by molar-refractivity contribution is 0.221. The number of benzene rings is 1. The molecule has 0 bridgehead atoms. The first-order chi connectivity index (χ1) is 13.6. The van der Waals surface area contributed by atoms with E-state index < -0.39 is 0 Å². The summed E-state index contributed by atoms with van der Waals surface area (Å²) >= 11 is 0. The third kappa shape index (κ3) is 7.62. The molecule has 1 aromatic heterocycles. The highest BCUT2D eigenvalue weighted by Crippen LogP contribution is 2.14. The van der Waals surface area contributed by atoms with E-state index in [0.29, 0.717) is 12.5 Å². The Labute approximate surface area is 191 Å². The van der Waals surface area contributed by atoms with Gasteiger partial charge in [-0.05, 0) is 43.0 Å².